The molecule has 0 rings (SSSR count). The molecule has 0 aromatic rings. The highest BCUT2D eigenvalue weighted by atomic mass is 14.7. The first kappa shape index (κ1) is 24.1. The van der Waals surface area contributed by atoms with Gasteiger partial charge in [0.2, 0.25) is 0 Å². The standard InChI is InChI=1S/C12H28N2.C6H16N2/c13-11-9-7-5-3-1-2-4-6-8-10-12-14;1-2-3-4-6(8)5-7/h1-14H2;6H,2-5,7-8H2,1H3. The maximum absolute atomic E-state index is 5.53. The van der Waals surface area contributed by atoms with E-state index in [4.69, 9.17) is 22.9 Å². The Morgan fingerprint density at radius 2 is 0.955 bits per heavy atom. The molecule has 0 heterocycles. The van der Waals surface area contributed by atoms with Gasteiger partial charge in [-0.05, 0) is 32.4 Å². The molecule has 136 valence electrons. The summed E-state index contributed by atoms with van der Waals surface area (Å²) in [5, 5.41) is 0. The van der Waals surface area contributed by atoms with Crippen molar-refractivity contribution in [2.75, 3.05) is 19.6 Å². The first-order chi connectivity index (χ1) is 10.7. The van der Waals surface area contributed by atoms with Crippen LogP contribution in [0, 0.1) is 0 Å². The molecule has 0 saturated heterocycles. The molecular formula is C18H44N4. The van der Waals surface area contributed by atoms with Gasteiger partial charge in [0.15, 0.2) is 0 Å². The lowest BCUT2D eigenvalue weighted by molar-refractivity contribution is 0.554. The average molecular weight is 317 g/mol. The van der Waals surface area contributed by atoms with Gasteiger partial charge in [-0.1, -0.05) is 71.1 Å². The Kier molecular flexibility index (Phi) is 25.3. The third kappa shape index (κ3) is 24.8. The van der Waals surface area contributed by atoms with Crippen LogP contribution in [0.5, 0.6) is 0 Å². The summed E-state index contributed by atoms with van der Waals surface area (Å²) in [5.41, 5.74) is 21.7. The van der Waals surface area contributed by atoms with Crippen LogP contribution in [0.15, 0.2) is 0 Å². The number of unbranched alkanes of at least 4 members (excludes halogenated alkanes) is 10. The fourth-order valence-electron chi connectivity index (χ4n) is 2.29. The van der Waals surface area contributed by atoms with Crippen LogP contribution in [-0.2, 0) is 0 Å². The van der Waals surface area contributed by atoms with Crippen molar-refractivity contribution in [1.82, 2.24) is 0 Å². The zero-order chi connectivity index (χ0) is 16.9. The molecule has 0 aliphatic rings. The van der Waals surface area contributed by atoms with Gasteiger partial charge >= 0.3 is 0 Å². The zero-order valence-electron chi connectivity index (χ0n) is 15.2. The molecule has 0 fully saturated rings. The predicted octanol–water partition coefficient (Wildman–Crippen LogP) is 3.27. The normalized spacial score (nSPS) is 11.9. The molecule has 0 amide bonds. The van der Waals surface area contributed by atoms with E-state index in [1.54, 1.807) is 0 Å². The van der Waals surface area contributed by atoms with Gasteiger partial charge in [0.1, 0.15) is 0 Å². The Hall–Kier alpha value is -0.160. The molecule has 0 aromatic carbocycles. The van der Waals surface area contributed by atoms with Crippen molar-refractivity contribution in [1.29, 1.82) is 0 Å². The third-order valence-electron chi connectivity index (χ3n) is 3.89. The summed E-state index contributed by atoms with van der Waals surface area (Å²) in [6, 6.07) is 0.231. The van der Waals surface area contributed by atoms with Crippen LogP contribution in [0.3, 0.4) is 0 Å². The minimum absolute atomic E-state index is 0.231. The Morgan fingerprint density at radius 1 is 0.591 bits per heavy atom. The molecule has 0 radical (unpaired) electrons. The quantitative estimate of drug-likeness (QED) is 0.348. The summed E-state index contributed by atoms with van der Waals surface area (Å²) >= 11 is 0. The molecule has 8 N–H and O–H groups in total. The minimum atomic E-state index is 0.231. The van der Waals surface area contributed by atoms with E-state index in [2.05, 4.69) is 6.92 Å². The van der Waals surface area contributed by atoms with E-state index in [1.807, 2.05) is 0 Å². The maximum Gasteiger partial charge on any atom is 0.0163 e. The summed E-state index contributed by atoms with van der Waals surface area (Å²) in [7, 11) is 0. The lowest BCUT2D eigenvalue weighted by Crippen LogP contribution is -2.29. The van der Waals surface area contributed by atoms with Gasteiger partial charge in [0.05, 0.1) is 0 Å². The first-order valence-corrected chi connectivity index (χ1v) is 9.58. The Morgan fingerprint density at radius 3 is 1.23 bits per heavy atom. The van der Waals surface area contributed by atoms with Gasteiger partial charge in [0.25, 0.3) is 0 Å². The van der Waals surface area contributed by atoms with E-state index in [1.165, 1.54) is 77.0 Å². The van der Waals surface area contributed by atoms with Crippen LogP contribution < -0.4 is 22.9 Å². The molecule has 4 heteroatoms. The highest BCUT2D eigenvalue weighted by molar-refractivity contribution is 4.59. The largest absolute Gasteiger partial charge is 0.330 e. The second-order valence-electron chi connectivity index (χ2n) is 6.25. The van der Waals surface area contributed by atoms with E-state index in [-0.39, 0.29) is 6.04 Å². The van der Waals surface area contributed by atoms with Crippen molar-refractivity contribution >= 4 is 0 Å². The molecule has 0 spiro atoms. The number of nitrogens with two attached hydrogens (primary N) is 4. The van der Waals surface area contributed by atoms with Gasteiger partial charge in [-0.15, -0.1) is 0 Å². The number of rotatable bonds is 15. The maximum atomic E-state index is 5.53. The van der Waals surface area contributed by atoms with Crippen molar-refractivity contribution in [2.24, 2.45) is 22.9 Å². The van der Waals surface area contributed by atoms with Crippen LogP contribution in [0.2, 0.25) is 0 Å². The van der Waals surface area contributed by atoms with E-state index in [0.717, 1.165) is 19.5 Å². The topological polar surface area (TPSA) is 104 Å². The summed E-state index contributed by atoms with van der Waals surface area (Å²) in [4.78, 5) is 0. The van der Waals surface area contributed by atoms with Crippen molar-refractivity contribution in [3.8, 4) is 0 Å². The molecule has 0 saturated carbocycles. The second-order valence-corrected chi connectivity index (χ2v) is 6.25. The van der Waals surface area contributed by atoms with E-state index in [0.29, 0.717) is 6.54 Å². The lowest BCUT2D eigenvalue weighted by Gasteiger charge is -2.04. The van der Waals surface area contributed by atoms with Gasteiger partial charge in [-0.2, -0.15) is 0 Å². The Bertz CT molecular complexity index is 164. The van der Waals surface area contributed by atoms with Crippen LogP contribution in [0.25, 0.3) is 0 Å². The number of hydrogen-bond donors (Lipinski definition) is 4. The first-order valence-electron chi connectivity index (χ1n) is 9.58. The average Bonchev–Trinajstić information content (AvgIpc) is 2.55. The summed E-state index contributed by atoms with van der Waals surface area (Å²) in [5.74, 6) is 0. The smallest absolute Gasteiger partial charge is 0.0163 e. The lowest BCUT2D eigenvalue weighted by atomic mass is 10.1. The van der Waals surface area contributed by atoms with E-state index in [9.17, 15) is 0 Å². The molecular weight excluding hydrogens is 272 g/mol. The molecule has 4 nitrogen and oxygen atoms in total. The molecule has 0 bridgehead atoms. The minimum Gasteiger partial charge on any atom is -0.330 e. The van der Waals surface area contributed by atoms with E-state index < -0.39 is 0 Å². The molecule has 0 aliphatic carbocycles. The van der Waals surface area contributed by atoms with Crippen molar-refractivity contribution < 1.29 is 0 Å². The molecule has 1 unspecified atom stereocenters. The van der Waals surface area contributed by atoms with Crippen LogP contribution >= 0.6 is 0 Å². The van der Waals surface area contributed by atoms with Crippen LogP contribution in [-0.4, -0.2) is 25.7 Å². The Balaban J connectivity index is 0. The third-order valence-corrected chi connectivity index (χ3v) is 3.89. The Labute approximate surface area is 139 Å². The summed E-state index contributed by atoms with van der Waals surface area (Å²) in [6.07, 6.45) is 16.9. The highest BCUT2D eigenvalue weighted by Crippen LogP contribution is 2.09. The molecule has 0 aliphatic heterocycles. The summed E-state index contributed by atoms with van der Waals surface area (Å²) < 4.78 is 0. The predicted molar refractivity (Wildman–Crippen MR) is 101 cm³/mol. The van der Waals surface area contributed by atoms with Crippen molar-refractivity contribution in [3.63, 3.8) is 0 Å². The molecule has 1 atom stereocenters. The van der Waals surface area contributed by atoms with Gasteiger partial charge in [-0.25, -0.2) is 0 Å². The van der Waals surface area contributed by atoms with Crippen LogP contribution in [0.4, 0.5) is 0 Å². The van der Waals surface area contributed by atoms with Gasteiger partial charge in [-0.3, -0.25) is 0 Å². The van der Waals surface area contributed by atoms with E-state index >= 15 is 0 Å². The SMILES string of the molecule is CCCCC(N)CN.NCCCCCCCCCCCCN. The fourth-order valence-corrected chi connectivity index (χ4v) is 2.29. The fraction of sp³-hybridized carbons (Fsp3) is 1.00. The second kappa shape index (κ2) is 23.1. The molecule has 22 heavy (non-hydrogen) atoms. The van der Waals surface area contributed by atoms with Crippen molar-refractivity contribution in [2.45, 2.75) is 96.4 Å². The molecule has 0 aromatic heterocycles. The van der Waals surface area contributed by atoms with Crippen molar-refractivity contribution in [3.05, 3.63) is 0 Å². The number of hydrogen-bond acceptors (Lipinski definition) is 4. The van der Waals surface area contributed by atoms with Gasteiger partial charge in [0, 0.05) is 12.6 Å². The monoisotopic (exact) mass is 316 g/mol. The zero-order valence-corrected chi connectivity index (χ0v) is 15.2. The van der Waals surface area contributed by atoms with Gasteiger partial charge < -0.3 is 22.9 Å². The highest BCUT2D eigenvalue weighted by Gasteiger charge is 1.95. The van der Waals surface area contributed by atoms with Crippen LogP contribution in [0.1, 0.15) is 90.4 Å². The summed E-state index contributed by atoms with van der Waals surface area (Å²) in [6.45, 7) is 4.50.